The molecule has 4 nitrogen and oxygen atoms in total. The van der Waals surface area contributed by atoms with Crippen molar-refractivity contribution >= 4 is 10.9 Å². The summed E-state index contributed by atoms with van der Waals surface area (Å²) in [6.45, 7) is 0.210. The van der Waals surface area contributed by atoms with Crippen molar-refractivity contribution in [3.63, 3.8) is 0 Å². The van der Waals surface area contributed by atoms with Gasteiger partial charge in [0.05, 0.1) is 29.2 Å². The third-order valence-corrected chi connectivity index (χ3v) is 5.44. The molecule has 0 radical (unpaired) electrons. The fourth-order valence-corrected chi connectivity index (χ4v) is 3.72. The average molecular weight is 436 g/mol. The van der Waals surface area contributed by atoms with E-state index in [0.717, 1.165) is 39.0 Å². The second-order valence-corrected chi connectivity index (χ2v) is 7.67. The number of hydrogen-bond donors (Lipinski definition) is 1. The number of halogens is 1. The minimum Gasteiger partial charge on any atom is -0.487 e. The fourth-order valence-electron chi connectivity index (χ4n) is 3.72. The molecule has 2 heterocycles. The highest BCUT2D eigenvalue weighted by Crippen LogP contribution is 2.32. The van der Waals surface area contributed by atoms with E-state index in [1.54, 1.807) is 18.2 Å². The minimum absolute atomic E-state index is 0.163. The van der Waals surface area contributed by atoms with Gasteiger partial charge >= 0.3 is 0 Å². The summed E-state index contributed by atoms with van der Waals surface area (Å²) >= 11 is 0. The van der Waals surface area contributed by atoms with Crippen molar-refractivity contribution in [1.82, 2.24) is 9.97 Å². The number of hydrogen-bond acceptors (Lipinski definition) is 4. The molecule has 1 N–H and O–H groups in total. The van der Waals surface area contributed by atoms with Gasteiger partial charge in [-0.2, -0.15) is 0 Å². The minimum atomic E-state index is -0.305. The van der Waals surface area contributed by atoms with Gasteiger partial charge in [0.2, 0.25) is 0 Å². The molecule has 0 atom stereocenters. The van der Waals surface area contributed by atoms with Crippen molar-refractivity contribution in [3.05, 3.63) is 114 Å². The van der Waals surface area contributed by atoms with E-state index in [1.165, 1.54) is 12.1 Å². The molecular weight excluding hydrogens is 415 g/mol. The van der Waals surface area contributed by atoms with Gasteiger partial charge in [0.1, 0.15) is 18.2 Å². The first-order valence-corrected chi connectivity index (χ1v) is 10.6. The van der Waals surface area contributed by atoms with Gasteiger partial charge in [-0.05, 0) is 60.2 Å². The molecule has 5 rings (SSSR count). The zero-order valence-corrected chi connectivity index (χ0v) is 17.8. The Bertz CT molecular complexity index is 1400. The first-order valence-electron chi connectivity index (χ1n) is 10.6. The second kappa shape index (κ2) is 9.18. The zero-order valence-electron chi connectivity index (χ0n) is 17.8. The van der Waals surface area contributed by atoms with Crippen LogP contribution >= 0.6 is 0 Å². The number of ether oxygens (including phenoxy) is 1. The maximum absolute atomic E-state index is 13.4. The van der Waals surface area contributed by atoms with Crippen molar-refractivity contribution in [2.75, 3.05) is 0 Å². The normalized spacial score (nSPS) is 11.0. The Morgan fingerprint density at radius 1 is 0.697 bits per heavy atom. The van der Waals surface area contributed by atoms with Gasteiger partial charge in [-0.15, -0.1) is 0 Å². The average Bonchev–Trinajstić information content (AvgIpc) is 2.88. The van der Waals surface area contributed by atoms with Crippen LogP contribution in [0, 0.1) is 5.82 Å². The third-order valence-electron chi connectivity index (χ3n) is 5.44. The number of rotatable bonds is 6. The highest BCUT2D eigenvalue weighted by molar-refractivity contribution is 5.81. The molecule has 0 unspecified atom stereocenters. The molecule has 0 aliphatic carbocycles. The first kappa shape index (κ1) is 20.8. The van der Waals surface area contributed by atoms with Crippen LogP contribution in [0.4, 0.5) is 4.39 Å². The fraction of sp³-hybridized carbons (Fsp3) is 0.0714. The maximum Gasteiger partial charge on any atom is 0.130 e. The van der Waals surface area contributed by atoms with Crippen LogP contribution in [-0.4, -0.2) is 15.1 Å². The molecule has 0 amide bonds. The molecule has 0 saturated heterocycles. The Morgan fingerprint density at radius 3 is 2.21 bits per heavy atom. The van der Waals surface area contributed by atoms with E-state index in [4.69, 9.17) is 4.74 Å². The van der Waals surface area contributed by atoms with Gasteiger partial charge in [-0.1, -0.05) is 42.5 Å². The van der Waals surface area contributed by atoms with Crippen molar-refractivity contribution in [3.8, 4) is 28.1 Å². The predicted molar refractivity (Wildman–Crippen MR) is 127 cm³/mol. The van der Waals surface area contributed by atoms with Crippen molar-refractivity contribution in [2.45, 2.75) is 13.2 Å². The van der Waals surface area contributed by atoms with E-state index < -0.39 is 0 Å². The standard InChI is InChI=1S/C28H21FN2O2/c29-22-10-5-21(6-11-22)28-26(16-13-23(17-32)31-28)19-8-14-25(15-9-19)33-18-24-12-7-20-3-1-2-4-27(20)30-24/h1-16,32H,17-18H2. The molecule has 0 spiro atoms. The number of para-hydroxylation sites is 1. The van der Waals surface area contributed by atoms with Crippen LogP contribution in [0.15, 0.2) is 97.1 Å². The van der Waals surface area contributed by atoms with Gasteiger partial charge in [0, 0.05) is 16.5 Å². The first-order chi connectivity index (χ1) is 16.2. The van der Waals surface area contributed by atoms with Crippen LogP contribution in [0.1, 0.15) is 11.4 Å². The SMILES string of the molecule is OCc1ccc(-c2ccc(OCc3ccc4ccccc4n3)cc2)c(-c2ccc(F)cc2)n1. The number of pyridine rings is 2. The predicted octanol–water partition coefficient (Wildman–Crippen LogP) is 6.17. The van der Waals surface area contributed by atoms with Gasteiger partial charge < -0.3 is 9.84 Å². The molecule has 0 bridgehead atoms. The molecule has 33 heavy (non-hydrogen) atoms. The highest BCUT2D eigenvalue weighted by Gasteiger charge is 2.11. The number of aliphatic hydroxyl groups excluding tert-OH is 1. The molecule has 162 valence electrons. The topological polar surface area (TPSA) is 55.2 Å². The summed E-state index contributed by atoms with van der Waals surface area (Å²) in [5, 5.41) is 10.6. The monoisotopic (exact) mass is 436 g/mol. The Labute approximate surface area is 191 Å². The van der Waals surface area contributed by atoms with Crippen molar-refractivity contribution < 1.29 is 14.2 Å². The van der Waals surface area contributed by atoms with Gasteiger partial charge in [0.15, 0.2) is 0 Å². The molecule has 0 aliphatic rings. The van der Waals surface area contributed by atoms with Gasteiger partial charge in [-0.3, -0.25) is 0 Å². The van der Waals surface area contributed by atoms with E-state index in [2.05, 4.69) is 9.97 Å². The van der Waals surface area contributed by atoms with E-state index in [1.807, 2.05) is 66.7 Å². The van der Waals surface area contributed by atoms with Crippen LogP contribution in [0.2, 0.25) is 0 Å². The molecule has 5 aromatic rings. The summed E-state index contributed by atoms with van der Waals surface area (Å²) in [5.41, 5.74) is 5.67. The van der Waals surface area contributed by atoms with Crippen molar-refractivity contribution in [1.29, 1.82) is 0 Å². The largest absolute Gasteiger partial charge is 0.487 e. The molecule has 0 aliphatic heterocycles. The summed E-state index contributed by atoms with van der Waals surface area (Å²) in [6.07, 6.45) is 0. The summed E-state index contributed by atoms with van der Waals surface area (Å²) in [7, 11) is 0. The third kappa shape index (κ3) is 4.59. The van der Waals surface area contributed by atoms with Crippen LogP contribution < -0.4 is 4.74 Å². The van der Waals surface area contributed by atoms with E-state index in [0.29, 0.717) is 18.0 Å². The van der Waals surface area contributed by atoms with Crippen LogP contribution in [0.3, 0.4) is 0 Å². The summed E-state index contributed by atoms with van der Waals surface area (Å²) in [4.78, 5) is 9.22. The van der Waals surface area contributed by atoms with E-state index in [9.17, 15) is 9.50 Å². The lowest BCUT2D eigenvalue weighted by Gasteiger charge is -2.12. The molecule has 5 heteroatoms. The summed E-state index contributed by atoms with van der Waals surface area (Å²) in [5.74, 6) is 0.429. The Hall–Kier alpha value is -4.09. The molecule has 0 fully saturated rings. The zero-order chi connectivity index (χ0) is 22.6. The molecular formula is C28H21FN2O2. The van der Waals surface area contributed by atoms with E-state index >= 15 is 0 Å². The summed E-state index contributed by atoms with van der Waals surface area (Å²) in [6, 6.07) is 29.7. The Kier molecular flexibility index (Phi) is 5.79. The molecule has 0 saturated carbocycles. The van der Waals surface area contributed by atoms with Gasteiger partial charge in [-0.25, -0.2) is 14.4 Å². The smallest absolute Gasteiger partial charge is 0.130 e. The number of benzene rings is 3. The molecule has 3 aromatic carbocycles. The molecule has 2 aromatic heterocycles. The maximum atomic E-state index is 13.4. The second-order valence-electron chi connectivity index (χ2n) is 7.67. The number of fused-ring (bicyclic) bond motifs is 1. The lowest BCUT2D eigenvalue weighted by molar-refractivity contribution is 0.277. The Morgan fingerprint density at radius 2 is 1.42 bits per heavy atom. The Balaban J connectivity index is 1.38. The van der Waals surface area contributed by atoms with E-state index in [-0.39, 0.29) is 12.4 Å². The lowest BCUT2D eigenvalue weighted by atomic mass is 9.98. The van der Waals surface area contributed by atoms with Crippen molar-refractivity contribution in [2.24, 2.45) is 0 Å². The highest BCUT2D eigenvalue weighted by atomic mass is 19.1. The number of nitrogens with zero attached hydrogens (tertiary/aromatic N) is 2. The number of aromatic nitrogens is 2. The van der Waals surface area contributed by atoms with Gasteiger partial charge in [0.25, 0.3) is 0 Å². The lowest BCUT2D eigenvalue weighted by Crippen LogP contribution is -1.98. The van der Waals surface area contributed by atoms with Crippen LogP contribution in [0.25, 0.3) is 33.3 Å². The van der Waals surface area contributed by atoms with Crippen LogP contribution in [-0.2, 0) is 13.2 Å². The summed E-state index contributed by atoms with van der Waals surface area (Å²) < 4.78 is 19.4. The quantitative estimate of drug-likeness (QED) is 0.346. The number of aliphatic hydroxyl groups is 1. The van der Waals surface area contributed by atoms with Crippen LogP contribution in [0.5, 0.6) is 5.75 Å².